The first-order chi connectivity index (χ1) is 11.0. The molecule has 1 aromatic carbocycles. The van der Waals surface area contributed by atoms with E-state index in [0.717, 1.165) is 18.4 Å². The van der Waals surface area contributed by atoms with Crippen molar-refractivity contribution in [2.45, 2.75) is 46.0 Å². The number of carboxylic acid groups (broad SMARTS) is 1. The van der Waals surface area contributed by atoms with Crippen LogP contribution in [0.1, 0.15) is 55.5 Å². The van der Waals surface area contributed by atoms with Gasteiger partial charge in [0.15, 0.2) is 5.78 Å². The molecule has 0 aliphatic carbocycles. The lowest BCUT2D eigenvalue weighted by Crippen LogP contribution is -2.33. The first-order valence-electron chi connectivity index (χ1n) is 8.09. The van der Waals surface area contributed by atoms with Gasteiger partial charge in [-0.3, -0.25) is 14.4 Å². The Bertz CT molecular complexity index is 536. The van der Waals surface area contributed by atoms with Gasteiger partial charge in [0.25, 0.3) is 0 Å². The Balaban J connectivity index is 2.39. The van der Waals surface area contributed by atoms with Crippen molar-refractivity contribution >= 4 is 17.7 Å². The zero-order chi connectivity index (χ0) is 17.2. The molecule has 0 saturated heterocycles. The normalized spacial score (nSPS) is 11.7. The molecule has 5 heteroatoms. The van der Waals surface area contributed by atoms with Crippen LogP contribution >= 0.6 is 0 Å². The molecule has 0 saturated carbocycles. The van der Waals surface area contributed by atoms with E-state index in [9.17, 15) is 14.4 Å². The summed E-state index contributed by atoms with van der Waals surface area (Å²) in [6, 6.07) is 7.38. The summed E-state index contributed by atoms with van der Waals surface area (Å²) in [5.74, 6) is -1.84. The zero-order valence-corrected chi connectivity index (χ0v) is 13.8. The molecule has 5 nitrogen and oxygen atoms in total. The molecule has 1 rings (SSSR count). The fourth-order valence-electron chi connectivity index (χ4n) is 2.28. The molecule has 0 bridgehead atoms. The van der Waals surface area contributed by atoms with Crippen molar-refractivity contribution < 1.29 is 19.5 Å². The van der Waals surface area contributed by atoms with Crippen molar-refractivity contribution in [1.82, 2.24) is 5.32 Å². The van der Waals surface area contributed by atoms with Gasteiger partial charge in [0, 0.05) is 24.9 Å². The van der Waals surface area contributed by atoms with E-state index < -0.39 is 11.9 Å². The minimum absolute atomic E-state index is 0.0762. The van der Waals surface area contributed by atoms with Gasteiger partial charge in [-0.25, -0.2) is 0 Å². The Labute approximate surface area is 137 Å². The number of rotatable bonds is 10. The predicted octanol–water partition coefficient (Wildman–Crippen LogP) is 2.83. The molecule has 0 radical (unpaired) electrons. The lowest BCUT2D eigenvalue weighted by atomic mass is 10.0. The molecule has 0 heterocycles. The maximum atomic E-state index is 12.0. The van der Waals surface area contributed by atoms with E-state index in [1.165, 1.54) is 0 Å². The number of aryl methyl sites for hydroxylation is 1. The maximum Gasteiger partial charge on any atom is 0.308 e. The summed E-state index contributed by atoms with van der Waals surface area (Å²) in [6.45, 7) is 4.06. The highest BCUT2D eigenvalue weighted by Gasteiger charge is 2.17. The van der Waals surface area contributed by atoms with Crippen LogP contribution in [0.15, 0.2) is 24.3 Å². The lowest BCUT2D eigenvalue weighted by Gasteiger charge is -2.12. The zero-order valence-electron chi connectivity index (χ0n) is 13.8. The maximum absolute atomic E-state index is 12.0. The molecule has 1 aromatic rings. The number of hydrogen-bond donors (Lipinski definition) is 2. The van der Waals surface area contributed by atoms with Gasteiger partial charge in [-0.1, -0.05) is 44.5 Å². The van der Waals surface area contributed by atoms with Crippen LogP contribution in [0.4, 0.5) is 0 Å². The highest BCUT2D eigenvalue weighted by Crippen LogP contribution is 2.09. The number of ketones is 1. The Morgan fingerprint density at radius 1 is 1.09 bits per heavy atom. The summed E-state index contributed by atoms with van der Waals surface area (Å²) in [7, 11) is 0. The second-order valence-corrected chi connectivity index (χ2v) is 5.60. The van der Waals surface area contributed by atoms with Crippen LogP contribution in [0.3, 0.4) is 0 Å². The average Bonchev–Trinajstić information content (AvgIpc) is 2.56. The van der Waals surface area contributed by atoms with Crippen LogP contribution in [-0.4, -0.2) is 29.3 Å². The fraction of sp³-hybridized carbons (Fsp3) is 0.500. The van der Waals surface area contributed by atoms with Gasteiger partial charge in [0.1, 0.15) is 0 Å². The molecule has 0 aliphatic rings. The van der Waals surface area contributed by atoms with Crippen LogP contribution in [0.5, 0.6) is 0 Å². The number of hydrogen-bond acceptors (Lipinski definition) is 3. The molecule has 1 amide bonds. The molecule has 23 heavy (non-hydrogen) atoms. The van der Waals surface area contributed by atoms with Crippen molar-refractivity contribution in [3.63, 3.8) is 0 Å². The molecular formula is C18H25NO4. The molecule has 1 atom stereocenters. The van der Waals surface area contributed by atoms with Crippen LogP contribution < -0.4 is 5.32 Å². The molecular weight excluding hydrogens is 294 g/mol. The van der Waals surface area contributed by atoms with Crippen molar-refractivity contribution in [2.24, 2.45) is 5.92 Å². The number of nitrogens with one attached hydrogen (secondary N) is 1. The first kappa shape index (κ1) is 18.9. The number of carbonyl (C=O) groups is 3. The van der Waals surface area contributed by atoms with Crippen molar-refractivity contribution in [1.29, 1.82) is 0 Å². The van der Waals surface area contributed by atoms with E-state index in [2.05, 4.69) is 5.32 Å². The predicted molar refractivity (Wildman–Crippen MR) is 88.4 cm³/mol. The third-order valence-electron chi connectivity index (χ3n) is 3.80. The number of carbonyl (C=O) groups excluding carboxylic acids is 2. The average molecular weight is 319 g/mol. The molecule has 0 aliphatic heterocycles. The van der Waals surface area contributed by atoms with Crippen molar-refractivity contribution in [3.05, 3.63) is 35.4 Å². The van der Waals surface area contributed by atoms with Gasteiger partial charge in [0.05, 0.1) is 5.92 Å². The molecule has 1 unspecified atom stereocenters. The highest BCUT2D eigenvalue weighted by molar-refractivity contribution is 5.98. The number of Topliss-reactive ketones (excluding diaryl/α,β-unsaturated/α-hetero) is 1. The third kappa shape index (κ3) is 6.63. The fourth-order valence-corrected chi connectivity index (χ4v) is 2.28. The monoisotopic (exact) mass is 319 g/mol. The van der Waals surface area contributed by atoms with Crippen LogP contribution in [0.25, 0.3) is 0 Å². The van der Waals surface area contributed by atoms with Gasteiger partial charge in [-0.05, 0) is 18.4 Å². The highest BCUT2D eigenvalue weighted by atomic mass is 16.4. The van der Waals surface area contributed by atoms with E-state index in [0.29, 0.717) is 12.0 Å². The van der Waals surface area contributed by atoms with Crippen LogP contribution in [0.2, 0.25) is 0 Å². The summed E-state index contributed by atoms with van der Waals surface area (Å²) >= 11 is 0. The minimum Gasteiger partial charge on any atom is -0.481 e. The van der Waals surface area contributed by atoms with E-state index in [1.807, 2.05) is 26.0 Å². The van der Waals surface area contributed by atoms with Crippen molar-refractivity contribution in [2.75, 3.05) is 6.54 Å². The van der Waals surface area contributed by atoms with Crippen LogP contribution in [0, 0.1) is 5.92 Å². The minimum atomic E-state index is -0.903. The van der Waals surface area contributed by atoms with Crippen LogP contribution in [-0.2, 0) is 16.0 Å². The SMILES string of the molecule is CCCC(CNC(=O)CCC(=O)c1ccc(CC)cc1)C(=O)O. The summed E-state index contributed by atoms with van der Waals surface area (Å²) in [4.78, 5) is 34.8. The number of benzene rings is 1. The Hall–Kier alpha value is -2.17. The Morgan fingerprint density at radius 3 is 2.26 bits per heavy atom. The second kappa shape index (κ2) is 9.77. The molecule has 0 aromatic heterocycles. The van der Waals surface area contributed by atoms with E-state index >= 15 is 0 Å². The smallest absolute Gasteiger partial charge is 0.308 e. The molecule has 0 spiro atoms. The van der Waals surface area contributed by atoms with E-state index in [-0.39, 0.29) is 31.1 Å². The molecule has 2 N–H and O–H groups in total. The van der Waals surface area contributed by atoms with Gasteiger partial charge < -0.3 is 10.4 Å². The molecule has 0 fully saturated rings. The quantitative estimate of drug-likeness (QED) is 0.650. The number of amides is 1. The standard InChI is InChI=1S/C18H25NO4/c1-3-5-15(18(22)23)12-19-17(21)11-10-16(20)14-8-6-13(4-2)7-9-14/h6-9,15H,3-5,10-12H2,1-2H3,(H,19,21)(H,22,23). The van der Waals surface area contributed by atoms with Crippen molar-refractivity contribution in [3.8, 4) is 0 Å². The molecule has 126 valence electrons. The Kier molecular flexibility index (Phi) is 8.02. The van der Waals surface area contributed by atoms with Gasteiger partial charge in [0.2, 0.25) is 5.91 Å². The summed E-state index contributed by atoms with van der Waals surface area (Å²) < 4.78 is 0. The summed E-state index contributed by atoms with van der Waals surface area (Å²) in [5.41, 5.74) is 1.76. The first-order valence-corrected chi connectivity index (χ1v) is 8.09. The largest absolute Gasteiger partial charge is 0.481 e. The lowest BCUT2D eigenvalue weighted by molar-refractivity contribution is -0.141. The summed E-state index contributed by atoms with van der Waals surface area (Å²) in [5, 5.41) is 11.6. The number of aliphatic carboxylic acids is 1. The topological polar surface area (TPSA) is 83.5 Å². The third-order valence-corrected chi connectivity index (χ3v) is 3.80. The summed E-state index contributed by atoms with van der Waals surface area (Å²) in [6.07, 6.45) is 2.40. The van der Waals surface area contributed by atoms with E-state index in [4.69, 9.17) is 5.11 Å². The Morgan fingerprint density at radius 2 is 1.74 bits per heavy atom. The van der Waals surface area contributed by atoms with Gasteiger partial charge in [-0.15, -0.1) is 0 Å². The second-order valence-electron chi connectivity index (χ2n) is 5.60. The van der Waals surface area contributed by atoms with E-state index in [1.54, 1.807) is 12.1 Å². The number of carboxylic acids is 1. The van der Waals surface area contributed by atoms with Gasteiger partial charge in [-0.2, -0.15) is 0 Å². The van der Waals surface area contributed by atoms with Gasteiger partial charge >= 0.3 is 5.97 Å².